The van der Waals surface area contributed by atoms with Crippen LogP contribution >= 0.6 is 11.6 Å². The van der Waals surface area contributed by atoms with Crippen LogP contribution in [0.5, 0.6) is 5.75 Å². The normalized spacial score (nSPS) is 11.7. The molecule has 0 fully saturated rings. The van der Waals surface area contributed by atoms with Crippen LogP contribution in [0.4, 0.5) is 22.0 Å². The van der Waals surface area contributed by atoms with Crippen LogP contribution in [0, 0.1) is 11.8 Å². The lowest BCUT2D eigenvalue weighted by Gasteiger charge is -2.09. The Hall–Kier alpha value is -3.53. The van der Waals surface area contributed by atoms with Gasteiger partial charge in [-0.05, 0) is 48.7 Å². The fourth-order valence-corrected chi connectivity index (χ4v) is 3.42. The lowest BCUT2D eigenvalue weighted by Crippen LogP contribution is -2.08. The Morgan fingerprint density at radius 3 is 2.39 bits per heavy atom. The van der Waals surface area contributed by atoms with Crippen molar-refractivity contribution in [1.29, 1.82) is 0 Å². The Bertz CT molecular complexity index is 1310. The van der Waals surface area contributed by atoms with Crippen molar-refractivity contribution in [3.63, 3.8) is 0 Å². The number of aryl methyl sites for hydroxylation is 2. The molecule has 3 heterocycles. The number of benzene rings is 1. The highest BCUT2D eigenvalue weighted by Crippen LogP contribution is 2.35. The highest BCUT2D eigenvalue weighted by molar-refractivity contribution is 6.32. The number of phenolic OH excluding ortho intramolecular Hbond substituents is 1. The summed E-state index contributed by atoms with van der Waals surface area (Å²) in [5.74, 6) is -1.51. The Morgan fingerprint density at radius 1 is 0.970 bits per heavy atom. The third-order valence-corrected chi connectivity index (χ3v) is 5.15. The van der Waals surface area contributed by atoms with Crippen LogP contribution in [0.25, 0.3) is 22.6 Å². The molecule has 0 aliphatic carbocycles. The minimum Gasteiger partial charge on any atom is -0.507 e. The molecule has 0 saturated heterocycles. The van der Waals surface area contributed by atoms with Gasteiger partial charge < -0.3 is 10.1 Å². The summed E-state index contributed by atoms with van der Waals surface area (Å²) in [7, 11) is 0. The molecule has 170 valence electrons. The van der Waals surface area contributed by atoms with Crippen LogP contribution < -0.4 is 0 Å². The number of nitrogens with zero attached hydrogens (tertiary/aromatic N) is 3. The maximum atomic E-state index is 14.0. The van der Waals surface area contributed by atoms with Crippen LogP contribution in [0.15, 0.2) is 48.8 Å². The molecule has 4 rings (SSSR count). The summed E-state index contributed by atoms with van der Waals surface area (Å²) in [5.41, 5.74) is 0.409. The summed E-state index contributed by atoms with van der Waals surface area (Å²) in [6.07, 6.45) is -2.54. The van der Waals surface area contributed by atoms with E-state index in [4.69, 9.17) is 11.6 Å². The predicted molar refractivity (Wildman–Crippen MR) is 110 cm³/mol. The van der Waals surface area contributed by atoms with E-state index in [1.807, 2.05) is 0 Å². The number of rotatable bonds is 5. The molecule has 0 unspecified atom stereocenters. The van der Waals surface area contributed by atoms with Crippen molar-refractivity contribution in [2.24, 2.45) is 0 Å². The first-order valence-corrected chi connectivity index (χ1v) is 9.91. The number of imidazole rings is 1. The number of hydrogen-bond acceptors (Lipinski definition) is 4. The fraction of sp³-hybridized carbons (Fsp3) is 0.136. The molecule has 0 spiro atoms. The fourth-order valence-electron chi connectivity index (χ4n) is 3.18. The van der Waals surface area contributed by atoms with E-state index in [9.17, 15) is 27.1 Å². The lowest BCUT2D eigenvalue weighted by molar-refractivity contribution is -0.138. The van der Waals surface area contributed by atoms with Crippen molar-refractivity contribution in [3.8, 4) is 28.4 Å². The average Bonchev–Trinajstić information content (AvgIpc) is 3.14. The largest absolute Gasteiger partial charge is 0.507 e. The van der Waals surface area contributed by atoms with E-state index in [-0.39, 0.29) is 35.1 Å². The quantitative estimate of drug-likeness (QED) is 0.272. The van der Waals surface area contributed by atoms with E-state index in [2.05, 4.69) is 19.9 Å². The average molecular weight is 481 g/mol. The molecule has 5 nitrogen and oxygen atoms in total. The molecule has 0 atom stereocenters. The van der Waals surface area contributed by atoms with Gasteiger partial charge in [0.1, 0.15) is 28.2 Å². The van der Waals surface area contributed by atoms with Crippen LogP contribution in [0.2, 0.25) is 5.15 Å². The van der Waals surface area contributed by atoms with Gasteiger partial charge >= 0.3 is 6.18 Å². The summed E-state index contributed by atoms with van der Waals surface area (Å²) in [6, 6.07) is 7.71. The summed E-state index contributed by atoms with van der Waals surface area (Å²) in [4.78, 5) is 14.3. The summed E-state index contributed by atoms with van der Waals surface area (Å²) in [6.45, 7) is 0. The van der Waals surface area contributed by atoms with Crippen molar-refractivity contribution in [1.82, 2.24) is 19.9 Å². The van der Waals surface area contributed by atoms with Crippen molar-refractivity contribution < 1.29 is 27.1 Å². The number of alkyl halides is 3. The zero-order valence-corrected chi connectivity index (χ0v) is 17.3. The van der Waals surface area contributed by atoms with Crippen LogP contribution in [-0.4, -0.2) is 25.0 Å². The molecule has 0 aliphatic heterocycles. The number of aromatic nitrogens is 4. The Balaban J connectivity index is 1.52. The van der Waals surface area contributed by atoms with Gasteiger partial charge in [0.2, 0.25) is 5.95 Å². The molecule has 0 aliphatic rings. The van der Waals surface area contributed by atoms with Gasteiger partial charge in [0.25, 0.3) is 0 Å². The summed E-state index contributed by atoms with van der Waals surface area (Å²) in [5, 5.41) is 10.6. The van der Waals surface area contributed by atoms with Gasteiger partial charge in [-0.2, -0.15) is 17.6 Å². The standard InChI is InChI=1S/C22H14ClF5N4O/c23-20-19(31-21(32-20)12-3-6-18(25)30-9-12)14-4-1-11(7-17(14)33)2-5-16-15(24)8-13(10-29-16)22(26,27)28/h1,3-4,6-10,33H,2,5H2,(H,31,32). The Kier molecular flexibility index (Phi) is 6.03. The van der Waals surface area contributed by atoms with Crippen molar-refractivity contribution >= 4 is 11.6 Å². The third-order valence-electron chi connectivity index (χ3n) is 4.87. The van der Waals surface area contributed by atoms with E-state index in [0.29, 0.717) is 34.8 Å². The smallest absolute Gasteiger partial charge is 0.417 e. The maximum Gasteiger partial charge on any atom is 0.417 e. The van der Waals surface area contributed by atoms with E-state index in [0.717, 1.165) is 0 Å². The van der Waals surface area contributed by atoms with E-state index in [1.165, 1.54) is 24.4 Å². The molecule has 11 heteroatoms. The molecular formula is C22H14ClF5N4O. The summed E-state index contributed by atoms with van der Waals surface area (Å²) < 4.78 is 65.0. The number of pyridine rings is 2. The monoisotopic (exact) mass is 480 g/mol. The Morgan fingerprint density at radius 2 is 1.76 bits per heavy atom. The SMILES string of the molecule is Oc1cc(CCc2ncc(C(F)(F)F)cc2F)ccc1-c1nc(-c2ccc(F)nc2)[nH]c1Cl. The first-order chi connectivity index (χ1) is 15.6. The number of aromatic amines is 1. The van der Waals surface area contributed by atoms with Crippen LogP contribution in [0.1, 0.15) is 16.8 Å². The second-order valence-corrected chi connectivity index (χ2v) is 7.50. The van der Waals surface area contributed by atoms with Gasteiger partial charge in [-0.3, -0.25) is 4.98 Å². The minimum absolute atomic E-state index is 0.0354. The van der Waals surface area contributed by atoms with Gasteiger partial charge in [0.15, 0.2) is 0 Å². The number of H-pyrrole nitrogens is 1. The highest BCUT2D eigenvalue weighted by Gasteiger charge is 2.31. The highest BCUT2D eigenvalue weighted by atomic mass is 35.5. The van der Waals surface area contributed by atoms with Crippen LogP contribution in [0.3, 0.4) is 0 Å². The van der Waals surface area contributed by atoms with Gasteiger partial charge in [0.05, 0.1) is 11.3 Å². The molecule has 0 radical (unpaired) electrons. The first kappa shape index (κ1) is 22.7. The molecule has 33 heavy (non-hydrogen) atoms. The molecule has 0 bridgehead atoms. The zero-order valence-electron chi connectivity index (χ0n) is 16.6. The molecule has 3 aromatic heterocycles. The van der Waals surface area contributed by atoms with Gasteiger partial charge in [-0.15, -0.1) is 0 Å². The minimum atomic E-state index is -4.67. The zero-order chi connectivity index (χ0) is 23.8. The van der Waals surface area contributed by atoms with E-state index in [1.54, 1.807) is 12.1 Å². The molecule has 0 saturated carbocycles. The van der Waals surface area contributed by atoms with Crippen molar-refractivity contribution in [2.75, 3.05) is 0 Å². The topological polar surface area (TPSA) is 74.7 Å². The van der Waals surface area contributed by atoms with E-state index < -0.39 is 23.5 Å². The lowest BCUT2D eigenvalue weighted by atomic mass is 10.0. The maximum absolute atomic E-state index is 14.0. The molecule has 2 N–H and O–H groups in total. The second kappa shape index (κ2) is 8.78. The number of aromatic hydroxyl groups is 1. The molecule has 4 aromatic rings. The predicted octanol–water partition coefficient (Wildman–Crippen LogP) is 5.97. The number of halogens is 6. The number of hydrogen-bond donors (Lipinski definition) is 2. The third kappa shape index (κ3) is 4.95. The number of nitrogens with one attached hydrogen (secondary N) is 1. The van der Waals surface area contributed by atoms with Gasteiger partial charge in [0, 0.05) is 23.5 Å². The second-order valence-electron chi connectivity index (χ2n) is 7.12. The molecular weight excluding hydrogens is 467 g/mol. The number of phenols is 1. The Labute approximate surface area is 188 Å². The van der Waals surface area contributed by atoms with Gasteiger partial charge in [-0.25, -0.2) is 14.4 Å². The molecule has 0 amide bonds. The van der Waals surface area contributed by atoms with Crippen molar-refractivity contribution in [2.45, 2.75) is 19.0 Å². The van der Waals surface area contributed by atoms with E-state index >= 15 is 0 Å². The molecule has 1 aromatic carbocycles. The van der Waals surface area contributed by atoms with Gasteiger partial charge in [-0.1, -0.05) is 17.7 Å². The summed E-state index contributed by atoms with van der Waals surface area (Å²) >= 11 is 6.22. The van der Waals surface area contributed by atoms with Crippen LogP contribution in [-0.2, 0) is 19.0 Å². The van der Waals surface area contributed by atoms with Crippen molar-refractivity contribution in [3.05, 3.63) is 82.5 Å². The first-order valence-electron chi connectivity index (χ1n) is 9.53.